The van der Waals surface area contributed by atoms with E-state index in [1.165, 1.54) is 12.1 Å². The van der Waals surface area contributed by atoms with E-state index in [0.29, 0.717) is 11.5 Å². The average Bonchev–Trinajstić information content (AvgIpc) is 2.41. The second-order valence-electron chi connectivity index (χ2n) is 4.10. The predicted molar refractivity (Wildman–Crippen MR) is 78.7 cm³/mol. The number of aromatic nitrogens is 1. The molecule has 0 bridgehead atoms. The maximum Gasteiger partial charge on any atom is 0.181 e. The average molecular weight is 274 g/mol. The molecule has 19 heavy (non-hydrogen) atoms. The van der Waals surface area contributed by atoms with Crippen LogP contribution in [-0.2, 0) is 6.54 Å². The second kappa shape index (κ2) is 5.67. The highest BCUT2D eigenvalue weighted by Crippen LogP contribution is 2.20. The number of ether oxygens (including phenoxy) is 1. The molecule has 0 aliphatic carbocycles. The normalized spacial score (nSPS) is 10.2. The van der Waals surface area contributed by atoms with E-state index in [9.17, 15) is 4.79 Å². The van der Waals surface area contributed by atoms with Crippen LogP contribution in [0.1, 0.15) is 11.1 Å². The number of hydrogen-bond acceptors (Lipinski definition) is 3. The zero-order valence-electron chi connectivity index (χ0n) is 10.5. The minimum atomic E-state index is -0.0138. The van der Waals surface area contributed by atoms with E-state index in [1.807, 2.05) is 22.8 Å². The fourth-order valence-corrected chi connectivity index (χ4v) is 1.93. The van der Waals surface area contributed by atoms with Crippen molar-refractivity contribution in [2.24, 2.45) is 5.73 Å². The minimum Gasteiger partial charge on any atom is -0.496 e. The summed E-state index contributed by atoms with van der Waals surface area (Å²) < 4.78 is 7.21. The topological polar surface area (TPSA) is 57.2 Å². The van der Waals surface area contributed by atoms with Gasteiger partial charge >= 0.3 is 0 Å². The van der Waals surface area contributed by atoms with Crippen LogP contribution in [-0.4, -0.2) is 16.7 Å². The fraction of sp³-hybridized carbons (Fsp3) is 0.143. The number of methoxy groups -OCH3 is 1. The molecule has 2 rings (SSSR count). The van der Waals surface area contributed by atoms with Gasteiger partial charge in [-0.25, -0.2) is 0 Å². The summed E-state index contributed by atoms with van der Waals surface area (Å²) in [4.78, 5) is 11.4. The zero-order valence-corrected chi connectivity index (χ0v) is 11.3. The Morgan fingerprint density at radius 2 is 2.00 bits per heavy atom. The van der Waals surface area contributed by atoms with Gasteiger partial charge in [-0.1, -0.05) is 12.2 Å². The van der Waals surface area contributed by atoms with Gasteiger partial charge in [0.05, 0.1) is 13.7 Å². The van der Waals surface area contributed by atoms with E-state index in [0.717, 1.165) is 16.9 Å². The summed E-state index contributed by atoms with van der Waals surface area (Å²) in [5.74, 6) is 0.763. The smallest absolute Gasteiger partial charge is 0.181 e. The molecule has 0 radical (unpaired) electrons. The summed E-state index contributed by atoms with van der Waals surface area (Å²) in [6.07, 6.45) is 3.46. The van der Waals surface area contributed by atoms with Gasteiger partial charge < -0.3 is 15.0 Å². The van der Waals surface area contributed by atoms with E-state index in [1.54, 1.807) is 19.5 Å². The standard InChI is InChI=1S/C14H14N2O2S/c1-18-13-3-2-10(14(15)19)8-11(13)9-16-6-4-12(17)5-7-16/h2-8H,9H2,1H3,(H2,15,19). The molecule has 4 nitrogen and oxygen atoms in total. The molecule has 0 saturated heterocycles. The quantitative estimate of drug-likeness (QED) is 0.859. The predicted octanol–water partition coefficient (Wildman–Crippen LogP) is 1.54. The summed E-state index contributed by atoms with van der Waals surface area (Å²) in [5.41, 5.74) is 7.37. The van der Waals surface area contributed by atoms with Gasteiger partial charge in [0.2, 0.25) is 0 Å². The van der Waals surface area contributed by atoms with Crippen LogP contribution in [0.2, 0.25) is 0 Å². The highest BCUT2D eigenvalue weighted by molar-refractivity contribution is 7.80. The third-order valence-electron chi connectivity index (χ3n) is 2.78. The van der Waals surface area contributed by atoms with Gasteiger partial charge in [0.15, 0.2) is 5.43 Å². The van der Waals surface area contributed by atoms with Gasteiger partial charge in [-0.05, 0) is 18.2 Å². The second-order valence-corrected chi connectivity index (χ2v) is 4.54. The molecule has 2 N–H and O–H groups in total. The molecule has 0 aliphatic rings. The molecule has 1 aromatic heterocycles. The Hall–Kier alpha value is -2.14. The van der Waals surface area contributed by atoms with Gasteiger partial charge in [0.1, 0.15) is 10.7 Å². The Morgan fingerprint density at radius 1 is 1.32 bits per heavy atom. The molecule has 2 aromatic rings. The number of nitrogens with two attached hydrogens (primary N) is 1. The van der Waals surface area contributed by atoms with Crippen molar-refractivity contribution in [1.29, 1.82) is 0 Å². The molecule has 98 valence electrons. The van der Waals surface area contributed by atoms with Crippen LogP contribution >= 0.6 is 12.2 Å². The highest BCUT2D eigenvalue weighted by atomic mass is 32.1. The molecule has 0 atom stereocenters. The monoisotopic (exact) mass is 274 g/mol. The third-order valence-corrected chi connectivity index (χ3v) is 3.01. The number of pyridine rings is 1. The van der Waals surface area contributed by atoms with Crippen LogP contribution in [0.4, 0.5) is 0 Å². The van der Waals surface area contributed by atoms with Gasteiger partial charge in [0, 0.05) is 35.7 Å². The van der Waals surface area contributed by atoms with E-state index in [2.05, 4.69) is 0 Å². The Balaban J connectivity index is 2.36. The maximum atomic E-state index is 11.1. The van der Waals surface area contributed by atoms with Crippen LogP contribution in [0.25, 0.3) is 0 Å². The fourth-order valence-electron chi connectivity index (χ4n) is 1.80. The van der Waals surface area contributed by atoms with E-state index in [4.69, 9.17) is 22.7 Å². The Bertz CT molecular complexity index is 644. The molecule has 0 amide bonds. The van der Waals surface area contributed by atoms with Crippen LogP contribution < -0.4 is 15.9 Å². The third kappa shape index (κ3) is 3.20. The molecule has 1 heterocycles. The number of thiocarbonyl (C=S) groups is 1. The van der Waals surface area contributed by atoms with Crippen molar-refractivity contribution in [3.05, 3.63) is 64.1 Å². The highest BCUT2D eigenvalue weighted by Gasteiger charge is 2.06. The van der Waals surface area contributed by atoms with Gasteiger partial charge in [-0.2, -0.15) is 0 Å². The van der Waals surface area contributed by atoms with Crippen molar-refractivity contribution >= 4 is 17.2 Å². The van der Waals surface area contributed by atoms with Crippen molar-refractivity contribution in [1.82, 2.24) is 4.57 Å². The number of benzene rings is 1. The Labute approximate surface area is 116 Å². The molecule has 0 aliphatic heterocycles. The molecule has 1 aromatic carbocycles. The maximum absolute atomic E-state index is 11.1. The number of nitrogens with zero attached hydrogens (tertiary/aromatic N) is 1. The number of hydrogen-bond donors (Lipinski definition) is 1. The van der Waals surface area contributed by atoms with Crippen molar-refractivity contribution in [3.8, 4) is 5.75 Å². The lowest BCUT2D eigenvalue weighted by Crippen LogP contribution is -2.11. The van der Waals surface area contributed by atoms with Gasteiger partial charge in [-0.15, -0.1) is 0 Å². The first kappa shape index (κ1) is 13.3. The van der Waals surface area contributed by atoms with Crippen molar-refractivity contribution in [2.45, 2.75) is 6.54 Å². The summed E-state index contributed by atoms with van der Waals surface area (Å²) in [7, 11) is 1.62. The largest absolute Gasteiger partial charge is 0.496 e. The van der Waals surface area contributed by atoms with Crippen LogP contribution in [0.5, 0.6) is 5.75 Å². The molecule has 0 saturated carbocycles. The SMILES string of the molecule is COc1ccc(C(N)=S)cc1Cn1ccc(=O)cc1. The summed E-state index contributed by atoms with van der Waals surface area (Å²) in [5, 5.41) is 0. The lowest BCUT2D eigenvalue weighted by atomic mass is 10.1. The van der Waals surface area contributed by atoms with Crippen molar-refractivity contribution in [3.63, 3.8) is 0 Å². The first-order valence-corrected chi connectivity index (χ1v) is 6.14. The van der Waals surface area contributed by atoms with E-state index >= 15 is 0 Å². The summed E-state index contributed by atoms with van der Waals surface area (Å²) in [6, 6.07) is 8.61. The lowest BCUT2D eigenvalue weighted by Gasteiger charge is -2.12. The Morgan fingerprint density at radius 3 is 2.58 bits per heavy atom. The van der Waals surface area contributed by atoms with Crippen molar-refractivity contribution < 1.29 is 4.74 Å². The van der Waals surface area contributed by atoms with Crippen LogP contribution in [0.3, 0.4) is 0 Å². The van der Waals surface area contributed by atoms with Crippen LogP contribution in [0.15, 0.2) is 47.5 Å². The Kier molecular flexibility index (Phi) is 3.97. The van der Waals surface area contributed by atoms with Gasteiger partial charge in [-0.3, -0.25) is 4.79 Å². The number of rotatable bonds is 4. The first-order valence-electron chi connectivity index (χ1n) is 5.73. The van der Waals surface area contributed by atoms with Crippen molar-refractivity contribution in [2.75, 3.05) is 7.11 Å². The molecular formula is C14H14N2O2S. The first-order chi connectivity index (χ1) is 9.10. The molecule has 0 spiro atoms. The molecule has 5 heteroatoms. The van der Waals surface area contributed by atoms with E-state index < -0.39 is 0 Å². The summed E-state index contributed by atoms with van der Waals surface area (Å²) >= 11 is 4.97. The molecule has 0 fully saturated rings. The summed E-state index contributed by atoms with van der Waals surface area (Å²) in [6.45, 7) is 0.583. The van der Waals surface area contributed by atoms with Gasteiger partial charge in [0.25, 0.3) is 0 Å². The molecular weight excluding hydrogens is 260 g/mol. The molecule has 0 unspecified atom stereocenters. The minimum absolute atomic E-state index is 0.0138. The van der Waals surface area contributed by atoms with Crippen LogP contribution in [0, 0.1) is 0 Å². The lowest BCUT2D eigenvalue weighted by molar-refractivity contribution is 0.408. The zero-order chi connectivity index (χ0) is 13.8. The van der Waals surface area contributed by atoms with E-state index in [-0.39, 0.29) is 5.43 Å².